The van der Waals surface area contributed by atoms with E-state index in [0.717, 1.165) is 19.6 Å². The van der Waals surface area contributed by atoms with Gasteiger partial charge in [-0.25, -0.2) is 4.39 Å². The minimum Gasteiger partial charge on any atom is -0.299 e. The molecule has 1 aliphatic heterocycles. The van der Waals surface area contributed by atoms with Crippen LogP contribution in [0.25, 0.3) is 0 Å². The van der Waals surface area contributed by atoms with Gasteiger partial charge in [0.25, 0.3) is 0 Å². The maximum atomic E-state index is 14.5. The maximum absolute atomic E-state index is 14.5. The highest BCUT2D eigenvalue weighted by atomic mass is 31.2. The summed E-state index contributed by atoms with van der Waals surface area (Å²) in [7, 11) is -1.93. The smallest absolute Gasteiger partial charge is 0.127 e. The lowest BCUT2D eigenvalue weighted by Gasteiger charge is -2.30. The van der Waals surface area contributed by atoms with Crippen LogP contribution >= 0.6 is 7.26 Å². The molecule has 0 aliphatic carbocycles. The van der Waals surface area contributed by atoms with E-state index in [4.69, 9.17) is 0 Å². The fraction of sp³-hybridized carbons (Fsp3) is 0.280. The van der Waals surface area contributed by atoms with E-state index >= 15 is 0 Å². The third-order valence-electron chi connectivity index (χ3n) is 5.92. The number of hydrogen-bond acceptors (Lipinski definition) is 1. The highest BCUT2D eigenvalue weighted by Gasteiger charge is 2.42. The molecule has 3 aromatic carbocycles. The van der Waals surface area contributed by atoms with Gasteiger partial charge in [-0.2, -0.15) is 0 Å². The highest BCUT2D eigenvalue weighted by Crippen LogP contribution is 2.52. The fourth-order valence-corrected chi connectivity index (χ4v) is 7.82. The molecule has 0 N–H and O–H groups in total. The van der Waals surface area contributed by atoms with Crippen LogP contribution in [0.1, 0.15) is 24.8 Å². The molecule has 1 fully saturated rings. The first-order valence-electron chi connectivity index (χ1n) is 10.2. The molecule has 28 heavy (non-hydrogen) atoms. The molecule has 0 spiro atoms. The number of likely N-dealkylation sites (tertiary alicyclic amines) is 1. The second kappa shape index (κ2) is 8.55. The summed E-state index contributed by atoms with van der Waals surface area (Å²) >= 11 is 0. The van der Waals surface area contributed by atoms with Gasteiger partial charge < -0.3 is 0 Å². The Morgan fingerprint density at radius 1 is 0.786 bits per heavy atom. The minimum atomic E-state index is -1.93. The van der Waals surface area contributed by atoms with Crippen molar-refractivity contribution in [3.05, 3.63) is 90.2 Å². The molecule has 0 radical (unpaired) electrons. The fourth-order valence-electron chi connectivity index (χ4n) is 4.32. The highest BCUT2D eigenvalue weighted by molar-refractivity contribution is 7.95. The Kier molecular flexibility index (Phi) is 5.90. The van der Waals surface area contributed by atoms with Crippen LogP contribution in [0.4, 0.5) is 4.39 Å². The van der Waals surface area contributed by atoms with E-state index in [1.165, 1.54) is 40.7 Å². The summed E-state index contributed by atoms with van der Waals surface area (Å²) in [6, 6.07) is 26.8. The lowest BCUT2D eigenvalue weighted by molar-refractivity contribution is 0.221. The molecule has 3 heteroatoms. The first-order chi connectivity index (χ1) is 13.7. The van der Waals surface area contributed by atoms with Gasteiger partial charge in [0.15, 0.2) is 0 Å². The van der Waals surface area contributed by atoms with E-state index < -0.39 is 7.26 Å². The SMILES string of the molecule is C[P+](c1ccccc1)(c1ccccc1)c1cc(F)ccc1CN1CCCCC1. The molecule has 0 atom stereocenters. The van der Waals surface area contributed by atoms with Crippen molar-refractivity contribution in [2.45, 2.75) is 25.8 Å². The standard InChI is InChI=1S/C25H28FNP/c1-28(23-11-5-2-6-12-23,24-13-7-3-8-14-24)25-19-22(26)16-15-21(25)20-27-17-9-4-10-18-27/h2-3,5-8,11-16,19H,4,9-10,17-18,20H2,1H3/q+1. The van der Waals surface area contributed by atoms with Gasteiger partial charge in [-0.15, -0.1) is 0 Å². The van der Waals surface area contributed by atoms with Crippen LogP contribution in [0.15, 0.2) is 78.9 Å². The Labute approximate surface area is 168 Å². The number of hydrogen-bond donors (Lipinski definition) is 0. The van der Waals surface area contributed by atoms with Crippen molar-refractivity contribution in [2.75, 3.05) is 19.8 Å². The second-order valence-corrected chi connectivity index (χ2v) is 11.3. The molecule has 3 aromatic rings. The van der Waals surface area contributed by atoms with Crippen molar-refractivity contribution in [1.82, 2.24) is 4.90 Å². The Bertz CT molecular complexity index is 865. The van der Waals surface area contributed by atoms with Gasteiger partial charge in [0.05, 0.1) is 6.66 Å². The zero-order chi connectivity index (χ0) is 19.4. The van der Waals surface area contributed by atoms with E-state index in [1.807, 2.05) is 6.07 Å². The molecule has 144 valence electrons. The van der Waals surface area contributed by atoms with E-state index in [2.05, 4.69) is 72.2 Å². The molecular weight excluding hydrogens is 364 g/mol. The first kappa shape index (κ1) is 19.3. The Balaban J connectivity index is 1.86. The van der Waals surface area contributed by atoms with Gasteiger partial charge in [-0.1, -0.05) is 48.9 Å². The molecule has 1 heterocycles. The van der Waals surface area contributed by atoms with Crippen LogP contribution in [0, 0.1) is 5.82 Å². The molecule has 0 unspecified atom stereocenters. The van der Waals surface area contributed by atoms with Gasteiger partial charge in [0.2, 0.25) is 0 Å². The van der Waals surface area contributed by atoms with Crippen LogP contribution in [-0.4, -0.2) is 24.7 Å². The van der Waals surface area contributed by atoms with Crippen LogP contribution < -0.4 is 15.9 Å². The normalized spacial score (nSPS) is 15.5. The number of halogens is 1. The molecule has 0 bridgehead atoms. The molecule has 0 amide bonds. The molecule has 1 nitrogen and oxygen atoms in total. The summed E-state index contributed by atoms with van der Waals surface area (Å²) in [6.45, 7) is 5.53. The zero-order valence-electron chi connectivity index (χ0n) is 16.5. The van der Waals surface area contributed by atoms with Crippen molar-refractivity contribution in [2.24, 2.45) is 0 Å². The average Bonchev–Trinajstić information content (AvgIpc) is 2.76. The Morgan fingerprint density at radius 3 is 1.93 bits per heavy atom. The van der Waals surface area contributed by atoms with E-state index in [-0.39, 0.29) is 5.82 Å². The zero-order valence-corrected chi connectivity index (χ0v) is 17.4. The van der Waals surface area contributed by atoms with Crippen molar-refractivity contribution >= 4 is 23.2 Å². The average molecular weight is 392 g/mol. The van der Waals surface area contributed by atoms with E-state index in [0.29, 0.717) is 0 Å². The van der Waals surface area contributed by atoms with E-state index in [1.54, 1.807) is 12.1 Å². The van der Waals surface area contributed by atoms with Gasteiger partial charge >= 0.3 is 0 Å². The second-order valence-electron chi connectivity index (χ2n) is 7.79. The van der Waals surface area contributed by atoms with Crippen LogP contribution in [0.2, 0.25) is 0 Å². The predicted molar refractivity (Wildman–Crippen MR) is 120 cm³/mol. The lowest BCUT2D eigenvalue weighted by Crippen LogP contribution is -2.36. The topological polar surface area (TPSA) is 3.24 Å². The third kappa shape index (κ3) is 3.90. The monoisotopic (exact) mass is 392 g/mol. The molecule has 4 rings (SSSR count). The van der Waals surface area contributed by atoms with Gasteiger partial charge in [0.1, 0.15) is 29.0 Å². The Hall–Kier alpha value is -2.02. The summed E-state index contributed by atoms with van der Waals surface area (Å²) in [6.07, 6.45) is 3.85. The predicted octanol–water partition coefficient (Wildman–Crippen LogP) is 4.74. The van der Waals surface area contributed by atoms with Crippen LogP contribution in [-0.2, 0) is 6.54 Å². The minimum absolute atomic E-state index is 0.143. The molecular formula is C25H28FNP+. The summed E-state index contributed by atoms with van der Waals surface area (Å²) < 4.78 is 14.5. The molecule has 1 saturated heterocycles. The van der Waals surface area contributed by atoms with Crippen molar-refractivity contribution < 1.29 is 4.39 Å². The quantitative estimate of drug-likeness (QED) is 0.567. The van der Waals surface area contributed by atoms with E-state index in [9.17, 15) is 4.39 Å². The van der Waals surface area contributed by atoms with Crippen molar-refractivity contribution in [3.63, 3.8) is 0 Å². The summed E-state index contributed by atoms with van der Waals surface area (Å²) in [5.74, 6) is -0.143. The molecule has 0 aromatic heterocycles. The third-order valence-corrected chi connectivity index (χ3v) is 9.96. The van der Waals surface area contributed by atoms with Gasteiger partial charge in [-0.05, 0) is 56.3 Å². The van der Waals surface area contributed by atoms with Gasteiger partial charge in [0, 0.05) is 18.2 Å². The number of rotatable bonds is 5. The lowest BCUT2D eigenvalue weighted by atomic mass is 10.1. The first-order valence-corrected chi connectivity index (χ1v) is 12.4. The molecule has 1 aliphatic rings. The summed E-state index contributed by atoms with van der Waals surface area (Å²) in [5, 5.41) is 3.77. The summed E-state index contributed by atoms with van der Waals surface area (Å²) in [5.41, 5.74) is 1.27. The maximum Gasteiger partial charge on any atom is 0.127 e. The van der Waals surface area contributed by atoms with Crippen LogP contribution in [0.5, 0.6) is 0 Å². The van der Waals surface area contributed by atoms with Crippen molar-refractivity contribution in [1.29, 1.82) is 0 Å². The molecule has 0 saturated carbocycles. The van der Waals surface area contributed by atoms with Crippen LogP contribution in [0.3, 0.4) is 0 Å². The Morgan fingerprint density at radius 2 is 1.36 bits per heavy atom. The summed E-state index contributed by atoms with van der Waals surface area (Å²) in [4.78, 5) is 2.53. The largest absolute Gasteiger partial charge is 0.299 e. The van der Waals surface area contributed by atoms with Crippen molar-refractivity contribution in [3.8, 4) is 0 Å². The number of benzene rings is 3. The number of nitrogens with zero attached hydrogens (tertiary/aromatic N) is 1. The van der Waals surface area contributed by atoms with Gasteiger partial charge in [-0.3, -0.25) is 4.90 Å². The number of piperidine rings is 1.